The van der Waals surface area contributed by atoms with Crippen LogP contribution in [-0.2, 0) is 6.54 Å². The molecule has 0 saturated heterocycles. The molecule has 1 heterocycles. The molecule has 0 bridgehead atoms. The summed E-state index contributed by atoms with van der Waals surface area (Å²) in [7, 11) is 0. The van der Waals surface area contributed by atoms with Gasteiger partial charge in [-0.1, -0.05) is 22.7 Å². The van der Waals surface area contributed by atoms with Crippen LogP contribution in [0.2, 0.25) is 0 Å². The van der Waals surface area contributed by atoms with Gasteiger partial charge in [-0.25, -0.2) is 0 Å². The number of aryl methyl sites for hydroxylation is 1. The summed E-state index contributed by atoms with van der Waals surface area (Å²) in [6.45, 7) is 5.87. The number of para-hydroxylation sites is 1. The van der Waals surface area contributed by atoms with Gasteiger partial charge in [0.25, 0.3) is 0 Å². The highest BCUT2D eigenvalue weighted by Crippen LogP contribution is 2.23. The van der Waals surface area contributed by atoms with Crippen molar-refractivity contribution in [3.63, 3.8) is 0 Å². The zero-order valence-corrected chi connectivity index (χ0v) is 10.9. The van der Waals surface area contributed by atoms with Crippen LogP contribution in [0.4, 0.5) is 10.7 Å². The smallest absolute Gasteiger partial charge is 0.132 e. The zero-order chi connectivity index (χ0) is 12.3. The minimum Gasteiger partial charge on any atom is -0.388 e. The predicted octanol–water partition coefficient (Wildman–Crippen LogP) is 2.46. The second-order valence-corrected chi connectivity index (χ2v) is 4.67. The number of nitrogens with zero attached hydrogens (tertiary/aromatic N) is 3. The third-order valence-electron chi connectivity index (χ3n) is 2.76. The van der Waals surface area contributed by atoms with Crippen molar-refractivity contribution >= 4 is 22.2 Å². The molecule has 2 N–H and O–H groups in total. The van der Waals surface area contributed by atoms with Gasteiger partial charge < -0.3 is 10.6 Å². The van der Waals surface area contributed by atoms with Gasteiger partial charge in [0, 0.05) is 23.8 Å². The molecule has 2 aromatic rings. The Labute approximate surface area is 105 Å². The molecule has 4 nitrogen and oxygen atoms in total. The van der Waals surface area contributed by atoms with E-state index in [0.717, 1.165) is 12.2 Å². The van der Waals surface area contributed by atoms with E-state index < -0.39 is 0 Å². The summed E-state index contributed by atoms with van der Waals surface area (Å²) in [4.78, 5) is 2.25. The van der Waals surface area contributed by atoms with E-state index in [9.17, 15) is 0 Å². The fourth-order valence-electron chi connectivity index (χ4n) is 1.79. The zero-order valence-electron chi connectivity index (χ0n) is 10.1. The van der Waals surface area contributed by atoms with Crippen LogP contribution in [0.3, 0.4) is 0 Å². The van der Waals surface area contributed by atoms with Crippen molar-refractivity contribution in [3.05, 3.63) is 35.5 Å². The Morgan fingerprint density at radius 3 is 2.71 bits per heavy atom. The van der Waals surface area contributed by atoms with E-state index in [0.29, 0.717) is 11.5 Å². The summed E-state index contributed by atoms with van der Waals surface area (Å²) in [6.07, 6.45) is 0. The maximum absolute atomic E-state index is 5.83. The molecule has 5 heteroatoms. The molecule has 0 radical (unpaired) electrons. The number of aromatic nitrogens is 2. The van der Waals surface area contributed by atoms with E-state index in [1.54, 1.807) is 0 Å². The van der Waals surface area contributed by atoms with Gasteiger partial charge in [-0.15, -0.1) is 5.10 Å². The lowest BCUT2D eigenvalue weighted by Crippen LogP contribution is -2.23. The minimum atomic E-state index is 0.706. The van der Waals surface area contributed by atoms with Crippen LogP contribution in [0, 0.1) is 6.92 Å². The third kappa shape index (κ3) is 2.55. The van der Waals surface area contributed by atoms with Crippen LogP contribution >= 0.6 is 11.5 Å². The van der Waals surface area contributed by atoms with Crippen LogP contribution < -0.4 is 10.6 Å². The van der Waals surface area contributed by atoms with Gasteiger partial charge in [-0.2, -0.15) is 0 Å². The van der Waals surface area contributed by atoms with E-state index in [1.165, 1.54) is 22.8 Å². The average Bonchev–Trinajstić information content (AvgIpc) is 2.73. The number of nitrogens with two attached hydrogens (primary N) is 1. The third-order valence-corrected chi connectivity index (χ3v) is 3.36. The molecule has 0 spiro atoms. The summed E-state index contributed by atoms with van der Waals surface area (Å²) in [5.41, 5.74) is 9.17. The molecular formula is C12H16N4S. The summed E-state index contributed by atoms with van der Waals surface area (Å²) in [5.74, 6) is 0. The van der Waals surface area contributed by atoms with Gasteiger partial charge in [0.15, 0.2) is 0 Å². The molecule has 0 aliphatic rings. The summed E-state index contributed by atoms with van der Waals surface area (Å²) < 4.78 is 3.87. The molecule has 0 unspecified atom stereocenters. The highest BCUT2D eigenvalue weighted by Gasteiger charge is 2.11. The van der Waals surface area contributed by atoms with Crippen molar-refractivity contribution in [2.24, 2.45) is 0 Å². The van der Waals surface area contributed by atoms with Crippen LogP contribution in [0.1, 0.15) is 18.2 Å². The molecule has 0 atom stereocenters. The van der Waals surface area contributed by atoms with E-state index in [1.807, 2.05) is 12.1 Å². The quantitative estimate of drug-likeness (QED) is 0.903. The van der Waals surface area contributed by atoms with E-state index in [2.05, 4.69) is 40.5 Å². The predicted molar refractivity (Wildman–Crippen MR) is 72.2 cm³/mol. The van der Waals surface area contributed by atoms with Gasteiger partial charge in [0.1, 0.15) is 10.7 Å². The molecular weight excluding hydrogens is 232 g/mol. The monoisotopic (exact) mass is 248 g/mol. The van der Waals surface area contributed by atoms with Gasteiger partial charge >= 0.3 is 0 Å². The largest absolute Gasteiger partial charge is 0.388 e. The first-order valence-corrected chi connectivity index (χ1v) is 6.37. The highest BCUT2D eigenvalue weighted by molar-refractivity contribution is 7.09. The fourth-order valence-corrected chi connectivity index (χ4v) is 2.23. The van der Waals surface area contributed by atoms with E-state index in [4.69, 9.17) is 5.73 Å². The van der Waals surface area contributed by atoms with Gasteiger partial charge in [0.2, 0.25) is 0 Å². The molecule has 0 aliphatic heterocycles. The lowest BCUT2D eigenvalue weighted by Gasteiger charge is -2.24. The minimum absolute atomic E-state index is 0.706. The Morgan fingerprint density at radius 1 is 1.35 bits per heavy atom. The van der Waals surface area contributed by atoms with Crippen molar-refractivity contribution in [2.45, 2.75) is 20.4 Å². The van der Waals surface area contributed by atoms with Crippen molar-refractivity contribution in [1.82, 2.24) is 9.59 Å². The standard InChI is InChI=1S/C12H16N4S/c1-3-16(8-10-12(13)17-15-14-10)11-7-5-4-6-9(11)2/h4-7H,3,8,13H2,1-2H3. The number of rotatable bonds is 4. The van der Waals surface area contributed by atoms with E-state index in [-0.39, 0.29) is 0 Å². The highest BCUT2D eigenvalue weighted by atomic mass is 32.1. The van der Waals surface area contributed by atoms with Gasteiger partial charge in [-0.3, -0.25) is 0 Å². The first-order chi connectivity index (χ1) is 8.22. The molecule has 90 valence electrons. The Bertz CT molecular complexity index is 495. The van der Waals surface area contributed by atoms with Crippen molar-refractivity contribution < 1.29 is 0 Å². The molecule has 17 heavy (non-hydrogen) atoms. The summed E-state index contributed by atoms with van der Waals surface area (Å²) >= 11 is 1.25. The molecule has 0 amide bonds. The average molecular weight is 248 g/mol. The number of nitrogen functional groups attached to an aromatic ring is 1. The number of anilines is 2. The molecule has 0 saturated carbocycles. The second-order valence-electron chi connectivity index (χ2n) is 3.88. The SMILES string of the molecule is CCN(Cc1nnsc1N)c1ccccc1C. The van der Waals surface area contributed by atoms with Crippen LogP contribution in [0.25, 0.3) is 0 Å². The van der Waals surface area contributed by atoms with E-state index >= 15 is 0 Å². The van der Waals surface area contributed by atoms with Gasteiger partial charge in [0.05, 0.1) is 6.54 Å². The Hall–Kier alpha value is -1.62. The van der Waals surface area contributed by atoms with Crippen LogP contribution in [0.15, 0.2) is 24.3 Å². The summed E-state index contributed by atoms with van der Waals surface area (Å²) in [5, 5.41) is 4.77. The fraction of sp³-hybridized carbons (Fsp3) is 0.333. The lowest BCUT2D eigenvalue weighted by molar-refractivity contribution is 0.802. The Balaban J connectivity index is 2.23. The maximum Gasteiger partial charge on any atom is 0.132 e. The topological polar surface area (TPSA) is 55.0 Å². The van der Waals surface area contributed by atoms with Gasteiger partial charge in [-0.05, 0) is 25.5 Å². The Kier molecular flexibility index (Phi) is 3.58. The number of hydrogen-bond acceptors (Lipinski definition) is 5. The number of hydrogen-bond donors (Lipinski definition) is 1. The summed E-state index contributed by atoms with van der Waals surface area (Å²) in [6, 6.07) is 8.33. The Morgan fingerprint density at radius 2 is 2.12 bits per heavy atom. The molecule has 2 rings (SSSR count). The maximum atomic E-state index is 5.83. The first kappa shape index (κ1) is 11.9. The lowest BCUT2D eigenvalue weighted by atomic mass is 10.2. The molecule has 0 fully saturated rings. The van der Waals surface area contributed by atoms with Crippen LogP contribution in [0.5, 0.6) is 0 Å². The van der Waals surface area contributed by atoms with Crippen LogP contribution in [-0.4, -0.2) is 16.1 Å². The van der Waals surface area contributed by atoms with Crippen molar-refractivity contribution in [2.75, 3.05) is 17.2 Å². The van der Waals surface area contributed by atoms with Crippen molar-refractivity contribution in [1.29, 1.82) is 0 Å². The number of benzene rings is 1. The second kappa shape index (κ2) is 5.14. The van der Waals surface area contributed by atoms with Crippen molar-refractivity contribution in [3.8, 4) is 0 Å². The molecule has 1 aromatic heterocycles. The molecule has 1 aromatic carbocycles. The normalized spacial score (nSPS) is 10.5. The molecule has 0 aliphatic carbocycles. The first-order valence-electron chi connectivity index (χ1n) is 5.59.